The van der Waals surface area contributed by atoms with E-state index in [1.54, 1.807) is 10.9 Å². The van der Waals surface area contributed by atoms with Crippen LogP contribution in [-0.4, -0.2) is 33.5 Å². The number of carbonyl (C=O) groups is 1. The van der Waals surface area contributed by atoms with Gasteiger partial charge >= 0.3 is 0 Å². The zero-order valence-corrected chi connectivity index (χ0v) is 16.4. The SMILES string of the molecule is O=C1N[C@H](Cc2ccccc2)COCn2nncc2CC[C@@H]1Cc1ccccc1. The molecule has 0 saturated heterocycles. The first-order chi connectivity index (χ1) is 14.3. The smallest absolute Gasteiger partial charge is 0.223 e. The lowest BCUT2D eigenvalue weighted by Gasteiger charge is -2.22. The Labute approximate surface area is 170 Å². The molecule has 0 spiro atoms. The number of amides is 1. The monoisotopic (exact) mass is 390 g/mol. The molecule has 1 amide bonds. The Bertz CT molecular complexity index is 911. The number of hydrogen-bond donors (Lipinski definition) is 1. The number of rotatable bonds is 4. The summed E-state index contributed by atoms with van der Waals surface area (Å²) < 4.78 is 7.67. The Morgan fingerprint density at radius 2 is 1.69 bits per heavy atom. The minimum absolute atomic E-state index is 0.0827. The molecule has 2 aromatic carbocycles. The van der Waals surface area contributed by atoms with Gasteiger partial charge in [-0.1, -0.05) is 65.9 Å². The average Bonchev–Trinajstić information content (AvgIpc) is 3.18. The molecule has 2 atom stereocenters. The zero-order valence-electron chi connectivity index (χ0n) is 16.4. The van der Waals surface area contributed by atoms with Crippen molar-refractivity contribution < 1.29 is 9.53 Å². The van der Waals surface area contributed by atoms with Gasteiger partial charge in [-0.15, -0.1) is 5.10 Å². The Balaban J connectivity index is 1.54. The van der Waals surface area contributed by atoms with Crippen molar-refractivity contribution in [3.63, 3.8) is 0 Å². The summed E-state index contributed by atoms with van der Waals surface area (Å²) >= 11 is 0. The second kappa shape index (κ2) is 9.47. The number of nitrogens with one attached hydrogen (secondary N) is 1. The first kappa shape index (κ1) is 19.3. The molecule has 0 aliphatic carbocycles. The summed E-state index contributed by atoms with van der Waals surface area (Å²) in [5.74, 6) is -0.0311. The maximum atomic E-state index is 13.2. The van der Waals surface area contributed by atoms with Gasteiger partial charge in [0, 0.05) is 5.92 Å². The number of nitrogens with zero attached hydrogens (tertiary/aromatic N) is 3. The van der Waals surface area contributed by atoms with Gasteiger partial charge in [-0.25, -0.2) is 4.68 Å². The Kier molecular flexibility index (Phi) is 6.32. The third-order valence-corrected chi connectivity index (χ3v) is 5.35. The Morgan fingerprint density at radius 1 is 1.00 bits per heavy atom. The van der Waals surface area contributed by atoms with Crippen LogP contribution in [0.15, 0.2) is 66.9 Å². The van der Waals surface area contributed by atoms with E-state index >= 15 is 0 Å². The standard InChI is InChI=1S/C23H26N4O2/c28-23-20(13-18-7-3-1-4-8-18)11-12-22-15-24-26-27(22)17-29-16-21(25-23)14-19-9-5-2-6-10-19/h1-10,15,20-21H,11-14,16-17H2,(H,25,28)/t20-,21-/m1/s1. The molecule has 0 radical (unpaired) electrons. The van der Waals surface area contributed by atoms with E-state index in [0.29, 0.717) is 19.8 Å². The number of benzene rings is 2. The normalized spacial score (nSPS) is 20.3. The van der Waals surface area contributed by atoms with Gasteiger partial charge in [0.2, 0.25) is 5.91 Å². The van der Waals surface area contributed by atoms with Crippen molar-refractivity contribution in [1.82, 2.24) is 20.3 Å². The van der Waals surface area contributed by atoms with Gasteiger partial charge in [-0.2, -0.15) is 0 Å². The molecule has 1 aromatic heterocycles. The van der Waals surface area contributed by atoms with Crippen LogP contribution >= 0.6 is 0 Å². The van der Waals surface area contributed by atoms with E-state index in [2.05, 4.69) is 39.9 Å². The molecule has 4 rings (SSSR count). The van der Waals surface area contributed by atoms with Crippen molar-refractivity contribution in [1.29, 1.82) is 0 Å². The molecule has 2 heterocycles. The second-order valence-corrected chi connectivity index (χ2v) is 7.55. The van der Waals surface area contributed by atoms with E-state index in [4.69, 9.17) is 4.74 Å². The summed E-state index contributed by atoms with van der Waals surface area (Å²) in [7, 11) is 0. The number of aryl methyl sites for hydroxylation is 1. The molecule has 0 saturated carbocycles. The van der Waals surface area contributed by atoms with Crippen LogP contribution in [0.5, 0.6) is 0 Å². The highest BCUT2D eigenvalue weighted by Gasteiger charge is 2.24. The van der Waals surface area contributed by atoms with Gasteiger partial charge in [-0.3, -0.25) is 4.79 Å². The molecule has 1 N–H and O–H groups in total. The minimum atomic E-state index is -0.114. The fraction of sp³-hybridized carbons (Fsp3) is 0.348. The van der Waals surface area contributed by atoms with Gasteiger partial charge in [-0.05, 0) is 36.8 Å². The maximum absolute atomic E-state index is 13.2. The number of aromatic nitrogens is 3. The maximum Gasteiger partial charge on any atom is 0.223 e. The lowest BCUT2D eigenvalue weighted by Crippen LogP contribution is -2.43. The van der Waals surface area contributed by atoms with Gasteiger partial charge in [0.1, 0.15) is 6.73 Å². The summed E-state index contributed by atoms with van der Waals surface area (Å²) in [5.41, 5.74) is 3.35. The Morgan fingerprint density at radius 3 is 2.41 bits per heavy atom. The van der Waals surface area contributed by atoms with Crippen molar-refractivity contribution in [3.8, 4) is 0 Å². The first-order valence-corrected chi connectivity index (χ1v) is 10.1. The molecule has 1 aliphatic heterocycles. The van der Waals surface area contributed by atoms with Crippen LogP contribution in [0.1, 0.15) is 23.2 Å². The predicted octanol–water partition coefficient (Wildman–Crippen LogP) is 2.78. The van der Waals surface area contributed by atoms with E-state index in [0.717, 1.165) is 25.0 Å². The molecule has 1 aliphatic rings. The molecular formula is C23H26N4O2. The number of hydrogen-bond acceptors (Lipinski definition) is 4. The number of carbonyl (C=O) groups excluding carboxylic acids is 1. The van der Waals surface area contributed by atoms with E-state index in [-0.39, 0.29) is 17.9 Å². The van der Waals surface area contributed by atoms with Crippen molar-refractivity contribution in [3.05, 3.63) is 83.7 Å². The average molecular weight is 390 g/mol. The van der Waals surface area contributed by atoms with Crippen LogP contribution in [0.25, 0.3) is 0 Å². The largest absolute Gasteiger partial charge is 0.357 e. The summed E-state index contributed by atoms with van der Waals surface area (Å²) in [5, 5.41) is 11.4. The fourth-order valence-corrected chi connectivity index (χ4v) is 3.78. The predicted molar refractivity (Wildman–Crippen MR) is 110 cm³/mol. The third kappa shape index (κ3) is 5.29. The zero-order chi connectivity index (χ0) is 19.9. The number of fused-ring (bicyclic) bond motifs is 1. The third-order valence-electron chi connectivity index (χ3n) is 5.35. The molecule has 6 nitrogen and oxygen atoms in total. The van der Waals surface area contributed by atoms with Crippen LogP contribution in [-0.2, 0) is 35.5 Å². The van der Waals surface area contributed by atoms with Gasteiger partial charge in [0.05, 0.1) is 24.5 Å². The van der Waals surface area contributed by atoms with Gasteiger partial charge in [0.25, 0.3) is 0 Å². The van der Waals surface area contributed by atoms with Crippen LogP contribution in [0.4, 0.5) is 0 Å². The van der Waals surface area contributed by atoms with Crippen molar-refractivity contribution in [2.24, 2.45) is 5.92 Å². The van der Waals surface area contributed by atoms with Gasteiger partial charge < -0.3 is 10.1 Å². The fourth-order valence-electron chi connectivity index (χ4n) is 3.78. The van der Waals surface area contributed by atoms with Crippen LogP contribution in [0.3, 0.4) is 0 Å². The summed E-state index contributed by atoms with van der Waals surface area (Å²) in [6.07, 6.45) is 4.69. The highest BCUT2D eigenvalue weighted by molar-refractivity contribution is 5.79. The van der Waals surface area contributed by atoms with Crippen molar-refractivity contribution >= 4 is 5.91 Å². The molecule has 29 heavy (non-hydrogen) atoms. The minimum Gasteiger partial charge on any atom is -0.357 e. The lowest BCUT2D eigenvalue weighted by atomic mass is 9.92. The molecule has 0 unspecified atom stereocenters. The molecule has 3 aromatic rings. The van der Waals surface area contributed by atoms with Crippen molar-refractivity contribution in [2.75, 3.05) is 6.61 Å². The quantitative estimate of drug-likeness (QED) is 0.744. The molecule has 0 fully saturated rings. The van der Waals surface area contributed by atoms with Crippen LogP contribution < -0.4 is 5.32 Å². The number of ether oxygens (including phenoxy) is 1. The summed E-state index contributed by atoms with van der Waals surface area (Å²) in [6.45, 7) is 0.776. The van der Waals surface area contributed by atoms with Gasteiger partial charge in [0.15, 0.2) is 0 Å². The van der Waals surface area contributed by atoms with E-state index in [1.165, 1.54) is 11.1 Å². The van der Waals surface area contributed by atoms with Crippen LogP contribution in [0, 0.1) is 5.92 Å². The van der Waals surface area contributed by atoms with Crippen molar-refractivity contribution in [2.45, 2.75) is 38.5 Å². The topological polar surface area (TPSA) is 69.0 Å². The molecule has 0 bridgehead atoms. The summed E-state index contributed by atoms with van der Waals surface area (Å²) in [6, 6.07) is 20.3. The first-order valence-electron chi connectivity index (χ1n) is 10.1. The van der Waals surface area contributed by atoms with E-state index in [1.807, 2.05) is 36.4 Å². The second-order valence-electron chi connectivity index (χ2n) is 7.55. The van der Waals surface area contributed by atoms with Crippen LogP contribution in [0.2, 0.25) is 0 Å². The molecule has 150 valence electrons. The molecule has 6 heteroatoms. The Hall–Kier alpha value is -2.99. The van der Waals surface area contributed by atoms with E-state index < -0.39 is 0 Å². The molecular weight excluding hydrogens is 364 g/mol. The highest BCUT2D eigenvalue weighted by atomic mass is 16.5. The summed E-state index contributed by atoms with van der Waals surface area (Å²) in [4.78, 5) is 13.2. The van der Waals surface area contributed by atoms with E-state index in [9.17, 15) is 4.79 Å². The highest BCUT2D eigenvalue weighted by Crippen LogP contribution is 2.18. The lowest BCUT2D eigenvalue weighted by molar-refractivity contribution is -0.126.